The Labute approximate surface area is 331 Å². The molecule has 4 rings (SSSR count). The van der Waals surface area contributed by atoms with Crippen LogP contribution in [0.25, 0.3) is 0 Å². The van der Waals surface area contributed by atoms with Crippen molar-refractivity contribution in [1.82, 2.24) is 4.90 Å². The Hall–Kier alpha value is -3.13. The molecule has 0 radical (unpaired) electrons. The maximum absolute atomic E-state index is 6.92. The van der Waals surface area contributed by atoms with Gasteiger partial charge in [-0.15, -0.1) is 0 Å². The minimum absolute atomic E-state index is 0.0987. The van der Waals surface area contributed by atoms with E-state index in [2.05, 4.69) is 78.0 Å². The highest BCUT2D eigenvalue weighted by Crippen LogP contribution is 2.61. The van der Waals surface area contributed by atoms with E-state index in [4.69, 9.17) is 48.6 Å². The Morgan fingerprint density at radius 3 is 2.16 bits per heavy atom. The molecule has 4 unspecified atom stereocenters. The van der Waals surface area contributed by atoms with Crippen LogP contribution in [0.2, 0.25) is 0 Å². The SMILES string of the molecule is CC[C@H](C[C@H]1C([C@@H]2CCC(C(C)CCCN(C)Cc3ccccc3)C2)[C@H](OCCN=C(N)N)CC2C[C@H](OCCN=C(N)N)CC[C@@]21C)OCCN=C(N)N. The Kier molecular flexibility index (Phi) is 18.3. The number of ether oxygens (including phenoxy) is 3. The van der Waals surface area contributed by atoms with Crippen molar-refractivity contribution in [3.63, 3.8) is 0 Å². The molecule has 0 aliphatic heterocycles. The van der Waals surface area contributed by atoms with Gasteiger partial charge in [0.05, 0.1) is 57.8 Å². The average molecular weight is 769 g/mol. The lowest BCUT2D eigenvalue weighted by molar-refractivity contribution is -0.168. The average Bonchev–Trinajstić information content (AvgIpc) is 3.63. The molecular weight excluding hydrogens is 693 g/mol. The normalized spacial score (nSPS) is 28.9. The fourth-order valence-corrected chi connectivity index (χ4v) is 10.4. The number of fused-ring (bicyclic) bond motifs is 1. The van der Waals surface area contributed by atoms with Crippen molar-refractivity contribution in [1.29, 1.82) is 0 Å². The van der Waals surface area contributed by atoms with E-state index in [-0.39, 0.29) is 41.6 Å². The summed E-state index contributed by atoms with van der Waals surface area (Å²) in [5.41, 5.74) is 35.3. The summed E-state index contributed by atoms with van der Waals surface area (Å²) >= 11 is 0. The Bertz CT molecular complexity index is 1340. The number of benzene rings is 1. The van der Waals surface area contributed by atoms with Gasteiger partial charge < -0.3 is 53.5 Å². The van der Waals surface area contributed by atoms with Gasteiger partial charge in [-0.3, -0.25) is 15.0 Å². The summed E-state index contributed by atoms with van der Waals surface area (Å²) in [4.78, 5) is 15.1. The quantitative estimate of drug-likeness (QED) is 0.0530. The van der Waals surface area contributed by atoms with E-state index in [1.54, 1.807) is 0 Å². The molecule has 1 aromatic rings. The maximum Gasteiger partial charge on any atom is 0.185 e. The van der Waals surface area contributed by atoms with Crippen LogP contribution < -0.4 is 34.4 Å². The number of nitrogens with zero attached hydrogens (tertiary/aromatic N) is 4. The van der Waals surface area contributed by atoms with Crippen LogP contribution in [0.5, 0.6) is 0 Å². The van der Waals surface area contributed by atoms with E-state index in [1.807, 2.05) is 0 Å². The first-order valence-electron chi connectivity index (χ1n) is 21.1. The second-order valence-electron chi connectivity index (χ2n) is 17.0. The molecule has 0 aromatic heterocycles. The van der Waals surface area contributed by atoms with Crippen LogP contribution in [0.15, 0.2) is 45.3 Å². The van der Waals surface area contributed by atoms with Gasteiger partial charge in [-0.25, -0.2) is 0 Å². The molecule has 10 atom stereocenters. The third-order valence-electron chi connectivity index (χ3n) is 13.3. The van der Waals surface area contributed by atoms with Gasteiger partial charge in [0.15, 0.2) is 17.9 Å². The Morgan fingerprint density at radius 2 is 1.51 bits per heavy atom. The first kappa shape index (κ1) is 44.6. The first-order chi connectivity index (χ1) is 26.4. The number of guanidine groups is 3. The van der Waals surface area contributed by atoms with Crippen molar-refractivity contribution in [2.75, 3.05) is 53.0 Å². The van der Waals surface area contributed by atoms with Crippen molar-refractivity contribution >= 4 is 17.9 Å². The number of hydrogen-bond donors (Lipinski definition) is 6. The van der Waals surface area contributed by atoms with Crippen LogP contribution >= 0.6 is 0 Å². The van der Waals surface area contributed by atoms with Gasteiger partial charge in [-0.05, 0) is 131 Å². The van der Waals surface area contributed by atoms with Crippen molar-refractivity contribution in [2.45, 2.75) is 116 Å². The second kappa shape index (κ2) is 22.6. The number of hydrogen-bond acceptors (Lipinski definition) is 7. The summed E-state index contributed by atoms with van der Waals surface area (Å²) < 4.78 is 19.9. The van der Waals surface area contributed by atoms with Crippen molar-refractivity contribution < 1.29 is 14.2 Å². The Morgan fingerprint density at radius 1 is 0.855 bits per heavy atom. The topological polar surface area (TPSA) is 224 Å². The highest BCUT2D eigenvalue weighted by Gasteiger charge is 2.57. The fourth-order valence-electron chi connectivity index (χ4n) is 10.4. The van der Waals surface area contributed by atoms with Gasteiger partial charge in [0, 0.05) is 6.54 Å². The lowest BCUT2D eigenvalue weighted by Crippen LogP contribution is -2.56. The summed E-state index contributed by atoms with van der Waals surface area (Å²) in [6.07, 6.45) is 12.7. The van der Waals surface area contributed by atoms with Gasteiger partial charge in [-0.1, -0.05) is 51.1 Å². The molecule has 13 heteroatoms. The van der Waals surface area contributed by atoms with Crippen LogP contribution in [-0.4, -0.2) is 94.1 Å². The highest BCUT2D eigenvalue weighted by atomic mass is 16.5. The lowest BCUT2D eigenvalue weighted by atomic mass is 9.48. The third-order valence-corrected chi connectivity index (χ3v) is 13.3. The third kappa shape index (κ3) is 14.1. The predicted molar refractivity (Wildman–Crippen MR) is 225 cm³/mol. The zero-order chi connectivity index (χ0) is 39.8. The lowest BCUT2D eigenvalue weighted by Gasteiger charge is -2.59. The minimum atomic E-state index is 0.0987. The first-order valence-corrected chi connectivity index (χ1v) is 21.1. The van der Waals surface area contributed by atoms with Crippen molar-refractivity contribution in [3.05, 3.63) is 35.9 Å². The molecule has 312 valence electrons. The number of rotatable bonds is 23. The molecule has 0 heterocycles. The van der Waals surface area contributed by atoms with Crippen LogP contribution in [0.3, 0.4) is 0 Å². The molecular formula is C42H76N10O3. The van der Waals surface area contributed by atoms with Gasteiger partial charge in [-0.2, -0.15) is 0 Å². The second-order valence-corrected chi connectivity index (χ2v) is 17.0. The van der Waals surface area contributed by atoms with Crippen molar-refractivity contribution in [2.24, 2.45) is 90.3 Å². The summed E-state index contributed by atoms with van der Waals surface area (Å²) in [7, 11) is 2.24. The predicted octanol–water partition coefficient (Wildman–Crippen LogP) is 4.17. The van der Waals surface area contributed by atoms with E-state index in [0.29, 0.717) is 69.0 Å². The minimum Gasteiger partial charge on any atom is -0.376 e. The monoisotopic (exact) mass is 769 g/mol. The zero-order valence-corrected chi connectivity index (χ0v) is 34.5. The summed E-state index contributed by atoms with van der Waals surface area (Å²) in [6.45, 7) is 12.3. The molecule has 13 nitrogen and oxygen atoms in total. The van der Waals surface area contributed by atoms with E-state index in [1.165, 1.54) is 37.7 Å². The molecule has 3 fully saturated rings. The van der Waals surface area contributed by atoms with Crippen LogP contribution in [0.1, 0.15) is 97.0 Å². The molecule has 3 saturated carbocycles. The van der Waals surface area contributed by atoms with Crippen LogP contribution in [-0.2, 0) is 20.8 Å². The van der Waals surface area contributed by atoms with E-state index < -0.39 is 0 Å². The number of aliphatic imine (C=N–C) groups is 3. The smallest absolute Gasteiger partial charge is 0.185 e. The van der Waals surface area contributed by atoms with Gasteiger partial charge >= 0.3 is 0 Å². The molecule has 0 spiro atoms. The molecule has 55 heavy (non-hydrogen) atoms. The van der Waals surface area contributed by atoms with E-state index in [9.17, 15) is 0 Å². The molecule has 0 saturated heterocycles. The Balaban J connectivity index is 1.51. The van der Waals surface area contributed by atoms with Crippen molar-refractivity contribution in [3.8, 4) is 0 Å². The fraction of sp³-hybridized carbons (Fsp3) is 0.786. The molecule has 1 aromatic carbocycles. The summed E-state index contributed by atoms with van der Waals surface area (Å²) in [5, 5.41) is 0. The molecule has 0 bridgehead atoms. The zero-order valence-electron chi connectivity index (χ0n) is 34.5. The molecule has 3 aliphatic rings. The summed E-state index contributed by atoms with van der Waals surface area (Å²) in [6, 6.07) is 10.8. The van der Waals surface area contributed by atoms with E-state index >= 15 is 0 Å². The highest BCUT2D eigenvalue weighted by molar-refractivity contribution is 5.76. The van der Waals surface area contributed by atoms with E-state index in [0.717, 1.165) is 57.5 Å². The molecule has 12 N–H and O–H groups in total. The van der Waals surface area contributed by atoms with Gasteiger partial charge in [0.2, 0.25) is 0 Å². The van der Waals surface area contributed by atoms with Crippen LogP contribution in [0, 0.1) is 40.9 Å². The van der Waals surface area contributed by atoms with Gasteiger partial charge in [0.1, 0.15) is 0 Å². The van der Waals surface area contributed by atoms with Gasteiger partial charge in [0.25, 0.3) is 0 Å². The number of nitrogens with two attached hydrogens (primary N) is 6. The standard InChI is InChI=1S/C42H76N10O3/c1-5-34(53-21-17-49-39(43)44)27-36-38(32-14-13-31(24-32)29(2)10-9-20-52(4)28-30-11-7-6-8-12-30)37(55-23-19-51-41(47)48)26-33-25-35(15-16-42(33,36)3)54-22-18-50-40(45)46/h6-8,11-12,29,31-38H,5,9-10,13-28H2,1-4H3,(H4,43,44,49)(H4,45,46,50)(H4,47,48,51)/t29?,31?,32-,33?,34-,35-,36+,37-,38?,42+/m1/s1. The molecule has 0 amide bonds. The summed E-state index contributed by atoms with van der Waals surface area (Å²) in [5.74, 6) is 3.61. The molecule has 3 aliphatic carbocycles. The maximum atomic E-state index is 6.92. The largest absolute Gasteiger partial charge is 0.376 e. The van der Waals surface area contributed by atoms with Crippen LogP contribution in [0.4, 0.5) is 0 Å².